The molecule has 0 unspecified atom stereocenters. The van der Waals surface area contributed by atoms with Crippen LogP contribution in [0.4, 0.5) is 0 Å². The van der Waals surface area contributed by atoms with Crippen molar-refractivity contribution < 1.29 is 0 Å². The lowest BCUT2D eigenvalue weighted by Gasteiger charge is -2.16. The predicted molar refractivity (Wildman–Crippen MR) is 104 cm³/mol. The summed E-state index contributed by atoms with van der Waals surface area (Å²) in [5.74, 6) is 3.98. The van der Waals surface area contributed by atoms with Gasteiger partial charge in [-0.1, -0.05) is 96.6 Å². The lowest BCUT2D eigenvalue weighted by Crippen LogP contribution is -2.02. The second-order valence-corrected chi connectivity index (χ2v) is 9.03. The van der Waals surface area contributed by atoms with E-state index in [4.69, 9.17) is 0 Å². The molecule has 0 aromatic carbocycles. The molecule has 2 aliphatic rings. The third-order valence-electron chi connectivity index (χ3n) is 6.28. The number of unbranched alkanes of at least 4 members (excludes halogenated alkanes) is 2. The molecule has 3 atom stereocenters. The van der Waals surface area contributed by atoms with E-state index >= 15 is 0 Å². The Balaban J connectivity index is 1.49. The van der Waals surface area contributed by atoms with Gasteiger partial charge in [-0.3, -0.25) is 0 Å². The molecular weight excluding hydrogens is 276 g/mol. The fourth-order valence-electron chi connectivity index (χ4n) is 4.36. The molecule has 2 aliphatic carbocycles. The third-order valence-corrected chi connectivity index (χ3v) is 6.28. The zero-order valence-corrected chi connectivity index (χ0v) is 16.3. The Hall–Kier alpha value is -0.260. The van der Waals surface area contributed by atoms with Crippen LogP contribution in [-0.2, 0) is 0 Å². The summed E-state index contributed by atoms with van der Waals surface area (Å²) >= 11 is 0. The molecule has 0 radical (unpaired) electrons. The van der Waals surface area contributed by atoms with Crippen molar-refractivity contribution in [1.29, 1.82) is 0 Å². The Morgan fingerprint density at radius 2 is 1.70 bits per heavy atom. The topological polar surface area (TPSA) is 0 Å². The zero-order valence-electron chi connectivity index (χ0n) is 16.3. The molecule has 0 aromatic heterocycles. The molecule has 1 fully saturated rings. The smallest absolute Gasteiger partial charge is 0.0289 e. The molecule has 0 saturated heterocycles. The third kappa shape index (κ3) is 8.41. The molecule has 0 spiro atoms. The van der Waals surface area contributed by atoms with Crippen LogP contribution in [0.5, 0.6) is 0 Å². The van der Waals surface area contributed by atoms with Gasteiger partial charge < -0.3 is 0 Å². The monoisotopic (exact) mass is 318 g/mol. The number of rotatable bonds is 13. The van der Waals surface area contributed by atoms with Crippen LogP contribution < -0.4 is 0 Å². The quantitative estimate of drug-likeness (QED) is 0.239. The van der Waals surface area contributed by atoms with Crippen LogP contribution in [0.15, 0.2) is 11.6 Å². The zero-order chi connectivity index (χ0) is 16.5. The van der Waals surface area contributed by atoms with E-state index in [1.54, 1.807) is 5.57 Å². The molecule has 0 amide bonds. The first-order valence-electron chi connectivity index (χ1n) is 10.8. The van der Waals surface area contributed by atoms with Gasteiger partial charge in [0.05, 0.1) is 0 Å². The van der Waals surface area contributed by atoms with Crippen molar-refractivity contribution >= 4 is 0 Å². The fraction of sp³-hybridized carbons (Fsp3) is 0.913. The molecule has 0 aliphatic heterocycles. The maximum Gasteiger partial charge on any atom is -0.0289 e. The van der Waals surface area contributed by atoms with Gasteiger partial charge in [0.1, 0.15) is 0 Å². The Kier molecular flexibility index (Phi) is 8.77. The van der Waals surface area contributed by atoms with Gasteiger partial charge in [-0.05, 0) is 49.4 Å². The molecule has 2 rings (SSSR count). The van der Waals surface area contributed by atoms with Gasteiger partial charge in [0.25, 0.3) is 0 Å². The van der Waals surface area contributed by atoms with Crippen molar-refractivity contribution in [1.82, 2.24) is 0 Å². The Morgan fingerprint density at radius 1 is 0.913 bits per heavy atom. The SMILES string of the molecule is CCCC[C@H](C)CC[C@@H]1CC=C(C[C@@H](C)CCCCC2CC2)C1. The Labute approximate surface area is 146 Å². The Morgan fingerprint density at radius 3 is 2.43 bits per heavy atom. The van der Waals surface area contributed by atoms with E-state index in [9.17, 15) is 0 Å². The van der Waals surface area contributed by atoms with Crippen molar-refractivity contribution in [3.63, 3.8) is 0 Å². The molecule has 134 valence electrons. The van der Waals surface area contributed by atoms with Crippen LogP contribution >= 0.6 is 0 Å². The largest absolute Gasteiger partial charge is 0.0850 e. The summed E-state index contributed by atoms with van der Waals surface area (Å²) in [5, 5.41) is 0. The number of allylic oxidation sites excluding steroid dienone is 2. The average molecular weight is 319 g/mol. The first-order chi connectivity index (χ1) is 11.2. The van der Waals surface area contributed by atoms with E-state index in [0.29, 0.717) is 0 Å². The standard InChI is InChI=1S/C23H42/c1-4-5-8-19(2)11-12-22-15-16-23(18-22)17-20(3)9-6-7-10-21-13-14-21/h16,19-22H,4-15,17-18H2,1-3H3/t19-,20-,22+/m0/s1. The average Bonchev–Trinajstić information content (AvgIpc) is 3.26. The first-order valence-corrected chi connectivity index (χ1v) is 10.8. The van der Waals surface area contributed by atoms with E-state index < -0.39 is 0 Å². The summed E-state index contributed by atoms with van der Waals surface area (Å²) in [5.41, 5.74) is 1.80. The molecule has 0 nitrogen and oxygen atoms in total. The summed E-state index contributed by atoms with van der Waals surface area (Å²) in [4.78, 5) is 0. The van der Waals surface area contributed by atoms with E-state index in [0.717, 1.165) is 23.7 Å². The highest BCUT2D eigenvalue weighted by Gasteiger charge is 2.21. The van der Waals surface area contributed by atoms with Gasteiger partial charge in [-0.2, -0.15) is 0 Å². The van der Waals surface area contributed by atoms with Crippen molar-refractivity contribution in [2.24, 2.45) is 23.7 Å². The van der Waals surface area contributed by atoms with Gasteiger partial charge in [0, 0.05) is 0 Å². The molecule has 0 bridgehead atoms. The minimum atomic E-state index is 0.919. The van der Waals surface area contributed by atoms with E-state index in [1.807, 2.05) is 0 Å². The van der Waals surface area contributed by atoms with Crippen LogP contribution in [-0.4, -0.2) is 0 Å². The van der Waals surface area contributed by atoms with E-state index in [2.05, 4.69) is 26.8 Å². The predicted octanol–water partition coefficient (Wildman–Crippen LogP) is 7.93. The summed E-state index contributed by atoms with van der Waals surface area (Å²) in [6.07, 6.45) is 23.0. The summed E-state index contributed by atoms with van der Waals surface area (Å²) in [6.45, 7) is 7.26. The molecule has 23 heavy (non-hydrogen) atoms. The Bertz CT molecular complexity index is 336. The summed E-state index contributed by atoms with van der Waals surface area (Å²) < 4.78 is 0. The second kappa shape index (κ2) is 10.6. The van der Waals surface area contributed by atoms with Gasteiger partial charge in [0.2, 0.25) is 0 Å². The highest BCUT2D eigenvalue weighted by molar-refractivity contribution is 5.10. The maximum atomic E-state index is 2.60. The molecule has 0 heteroatoms. The van der Waals surface area contributed by atoms with E-state index in [1.165, 1.54) is 89.9 Å². The van der Waals surface area contributed by atoms with Crippen LogP contribution in [0.2, 0.25) is 0 Å². The second-order valence-electron chi connectivity index (χ2n) is 9.03. The maximum absolute atomic E-state index is 2.60. The normalized spacial score (nSPS) is 23.8. The summed E-state index contributed by atoms with van der Waals surface area (Å²) in [7, 11) is 0. The van der Waals surface area contributed by atoms with E-state index in [-0.39, 0.29) is 0 Å². The van der Waals surface area contributed by atoms with Crippen molar-refractivity contribution in [3.05, 3.63) is 11.6 Å². The van der Waals surface area contributed by atoms with Gasteiger partial charge >= 0.3 is 0 Å². The number of hydrogen-bond acceptors (Lipinski definition) is 0. The van der Waals surface area contributed by atoms with Gasteiger partial charge in [-0.25, -0.2) is 0 Å². The lowest BCUT2D eigenvalue weighted by molar-refractivity contribution is 0.392. The van der Waals surface area contributed by atoms with Gasteiger partial charge in [0.15, 0.2) is 0 Å². The first kappa shape index (κ1) is 19.1. The molecule has 0 aromatic rings. The van der Waals surface area contributed by atoms with Crippen molar-refractivity contribution in [2.45, 2.75) is 111 Å². The minimum absolute atomic E-state index is 0.919. The number of hydrogen-bond donors (Lipinski definition) is 0. The molecule has 1 saturated carbocycles. The van der Waals surface area contributed by atoms with Crippen LogP contribution in [0.25, 0.3) is 0 Å². The fourth-order valence-corrected chi connectivity index (χ4v) is 4.36. The molecule has 0 heterocycles. The van der Waals surface area contributed by atoms with Crippen LogP contribution in [0.3, 0.4) is 0 Å². The molecular formula is C23H42. The van der Waals surface area contributed by atoms with Crippen molar-refractivity contribution in [3.8, 4) is 0 Å². The highest BCUT2D eigenvalue weighted by atomic mass is 14.3. The highest BCUT2D eigenvalue weighted by Crippen LogP contribution is 2.36. The van der Waals surface area contributed by atoms with Gasteiger partial charge in [-0.15, -0.1) is 0 Å². The lowest BCUT2D eigenvalue weighted by atomic mass is 9.90. The van der Waals surface area contributed by atoms with Crippen LogP contribution in [0.1, 0.15) is 111 Å². The minimum Gasteiger partial charge on any atom is -0.0850 e. The summed E-state index contributed by atoms with van der Waals surface area (Å²) in [6, 6.07) is 0. The van der Waals surface area contributed by atoms with Crippen LogP contribution in [0, 0.1) is 23.7 Å². The molecule has 0 N–H and O–H groups in total. The van der Waals surface area contributed by atoms with Crippen molar-refractivity contribution in [2.75, 3.05) is 0 Å².